The molecule has 2 fully saturated rings. The van der Waals surface area contributed by atoms with E-state index in [1.54, 1.807) is 18.6 Å². The lowest BCUT2D eigenvalue weighted by Gasteiger charge is -2.32. The number of ether oxygens (including phenoxy) is 1. The van der Waals surface area contributed by atoms with Gasteiger partial charge in [0.15, 0.2) is 0 Å². The van der Waals surface area contributed by atoms with Gasteiger partial charge in [-0.2, -0.15) is 0 Å². The van der Waals surface area contributed by atoms with Crippen LogP contribution in [0.4, 0.5) is 5.95 Å². The zero-order valence-corrected chi connectivity index (χ0v) is 17.7. The topological polar surface area (TPSA) is 55.3 Å². The van der Waals surface area contributed by atoms with E-state index in [2.05, 4.69) is 14.9 Å². The number of rotatable bonds is 7. The Bertz CT molecular complexity index is 807. The van der Waals surface area contributed by atoms with Crippen LogP contribution in [0.3, 0.4) is 0 Å². The van der Waals surface area contributed by atoms with Gasteiger partial charge in [0, 0.05) is 35.0 Å². The van der Waals surface area contributed by atoms with E-state index in [1.807, 2.05) is 24.3 Å². The summed E-state index contributed by atoms with van der Waals surface area (Å²) in [6.07, 6.45) is 9.90. The number of hydrogen-bond acceptors (Lipinski definition) is 5. The molecular weight excluding hydrogens is 394 g/mol. The highest BCUT2D eigenvalue weighted by molar-refractivity contribution is 7.84. The highest BCUT2D eigenvalue weighted by atomic mass is 35.5. The number of nitrogens with zero attached hydrogens (tertiary/aromatic N) is 3. The minimum Gasteiger partial charge on any atom is -0.494 e. The molecule has 1 saturated carbocycles. The van der Waals surface area contributed by atoms with E-state index in [9.17, 15) is 4.21 Å². The molecule has 150 valence electrons. The van der Waals surface area contributed by atoms with E-state index in [0.29, 0.717) is 5.02 Å². The van der Waals surface area contributed by atoms with Crippen LogP contribution in [0.1, 0.15) is 25.7 Å². The van der Waals surface area contributed by atoms with Gasteiger partial charge in [-0.1, -0.05) is 11.6 Å². The molecule has 1 aromatic carbocycles. The van der Waals surface area contributed by atoms with Crippen LogP contribution in [0.2, 0.25) is 5.02 Å². The van der Waals surface area contributed by atoms with Gasteiger partial charge in [-0.05, 0) is 67.7 Å². The normalized spacial score (nSPS) is 23.4. The van der Waals surface area contributed by atoms with Crippen LogP contribution < -0.4 is 9.64 Å². The van der Waals surface area contributed by atoms with Gasteiger partial charge in [-0.15, -0.1) is 0 Å². The first-order valence-corrected chi connectivity index (χ1v) is 11.8. The summed E-state index contributed by atoms with van der Waals surface area (Å²) in [4.78, 5) is 11.8. The predicted molar refractivity (Wildman–Crippen MR) is 112 cm³/mol. The van der Waals surface area contributed by atoms with E-state index >= 15 is 0 Å². The first-order valence-electron chi connectivity index (χ1n) is 9.89. The quantitative estimate of drug-likeness (QED) is 0.673. The maximum atomic E-state index is 11.4. The summed E-state index contributed by atoms with van der Waals surface area (Å²) in [6.45, 7) is 2.81. The molecule has 2 heterocycles. The van der Waals surface area contributed by atoms with Crippen LogP contribution in [-0.4, -0.2) is 40.1 Å². The number of anilines is 1. The van der Waals surface area contributed by atoms with Crippen molar-refractivity contribution in [3.05, 3.63) is 41.7 Å². The Hall–Kier alpha value is -1.66. The van der Waals surface area contributed by atoms with Gasteiger partial charge in [-0.3, -0.25) is 4.21 Å². The molecule has 0 amide bonds. The van der Waals surface area contributed by atoms with Crippen LogP contribution in [0.15, 0.2) is 41.6 Å². The molecule has 3 atom stereocenters. The molecule has 0 spiro atoms. The van der Waals surface area contributed by atoms with Crippen LogP contribution in [0.5, 0.6) is 5.75 Å². The maximum absolute atomic E-state index is 11.4. The van der Waals surface area contributed by atoms with Crippen LogP contribution in [0.25, 0.3) is 0 Å². The highest BCUT2D eigenvalue weighted by Gasteiger charge is 2.43. The average Bonchev–Trinajstić information content (AvgIpc) is 3.49. The summed E-state index contributed by atoms with van der Waals surface area (Å²) in [7, 11) is -0.937. The van der Waals surface area contributed by atoms with Crippen molar-refractivity contribution >= 4 is 28.3 Å². The van der Waals surface area contributed by atoms with Crippen molar-refractivity contribution < 1.29 is 8.95 Å². The van der Waals surface area contributed by atoms with Crippen molar-refractivity contribution in [2.75, 3.05) is 30.9 Å². The molecule has 28 heavy (non-hydrogen) atoms. The van der Waals surface area contributed by atoms with Gasteiger partial charge < -0.3 is 9.64 Å². The first-order chi connectivity index (χ1) is 13.6. The fourth-order valence-electron chi connectivity index (χ4n) is 4.23. The lowest BCUT2D eigenvalue weighted by atomic mass is 9.90. The second-order valence-electron chi connectivity index (χ2n) is 7.75. The van der Waals surface area contributed by atoms with Crippen LogP contribution in [0, 0.1) is 17.8 Å². The Morgan fingerprint density at radius 2 is 1.86 bits per heavy atom. The van der Waals surface area contributed by atoms with E-state index in [-0.39, 0.29) is 0 Å². The Morgan fingerprint density at radius 1 is 1.18 bits per heavy atom. The van der Waals surface area contributed by atoms with E-state index in [4.69, 9.17) is 16.3 Å². The van der Waals surface area contributed by atoms with Crippen molar-refractivity contribution in [2.45, 2.75) is 30.6 Å². The van der Waals surface area contributed by atoms with E-state index in [0.717, 1.165) is 60.5 Å². The summed E-state index contributed by atoms with van der Waals surface area (Å²) in [5.41, 5.74) is 0. The Labute approximate surface area is 173 Å². The predicted octanol–water partition coefficient (Wildman–Crippen LogP) is 4.19. The Morgan fingerprint density at radius 3 is 2.50 bits per heavy atom. The molecule has 1 aliphatic carbocycles. The van der Waals surface area contributed by atoms with Crippen molar-refractivity contribution in [2.24, 2.45) is 17.8 Å². The van der Waals surface area contributed by atoms with Crippen molar-refractivity contribution in [3.63, 3.8) is 0 Å². The SMILES string of the molecule is CS(=O)c1ccc(OCC[C@@H]2C[C@@H]2C2CCN(c3ncc(Cl)cn3)CC2)cc1. The third-order valence-corrected chi connectivity index (χ3v) is 7.06. The molecule has 5 nitrogen and oxygen atoms in total. The molecule has 2 aliphatic rings. The molecule has 0 radical (unpaired) electrons. The fourth-order valence-corrected chi connectivity index (χ4v) is 4.85. The number of piperidine rings is 1. The first kappa shape index (κ1) is 19.6. The molecule has 1 unspecified atom stereocenters. The zero-order valence-electron chi connectivity index (χ0n) is 16.1. The molecule has 0 bridgehead atoms. The standard InChI is InChI=1S/C21H26ClN3O2S/c1-28(26)19-4-2-18(3-5-19)27-11-8-16-12-20(16)15-6-9-25(10-7-15)21-23-13-17(22)14-24-21/h2-5,13-16,20H,6-12H2,1H3/t16-,20-,28?/m1/s1. The third kappa shape index (κ3) is 4.84. The van der Waals surface area contributed by atoms with Gasteiger partial charge in [-0.25, -0.2) is 9.97 Å². The Kier molecular flexibility index (Phi) is 6.16. The average molecular weight is 420 g/mol. The molecule has 0 N–H and O–H groups in total. The Balaban J connectivity index is 1.17. The van der Waals surface area contributed by atoms with Crippen molar-refractivity contribution in [1.82, 2.24) is 9.97 Å². The fraction of sp³-hybridized carbons (Fsp3) is 0.524. The van der Waals surface area contributed by atoms with Crippen molar-refractivity contribution in [3.8, 4) is 5.75 Å². The lowest BCUT2D eigenvalue weighted by molar-refractivity contribution is 0.284. The van der Waals surface area contributed by atoms with Crippen molar-refractivity contribution in [1.29, 1.82) is 0 Å². The summed E-state index contributed by atoms with van der Waals surface area (Å²) >= 11 is 5.87. The van der Waals surface area contributed by atoms with Gasteiger partial charge in [0.05, 0.1) is 24.0 Å². The molecule has 4 rings (SSSR count). The third-order valence-electron chi connectivity index (χ3n) is 5.92. The summed E-state index contributed by atoms with van der Waals surface area (Å²) < 4.78 is 17.3. The minimum atomic E-state index is -0.937. The molecular formula is C21H26ClN3O2S. The lowest BCUT2D eigenvalue weighted by Crippen LogP contribution is -2.35. The number of benzene rings is 1. The molecule has 1 aliphatic heterocycles. The maximum Gasteiger partial charge on any atom is 0.225 e. The molecule has 7 heteroatoms. The van der Waals surface area contributed by atoms with Crippen LogP contribution >= 0.6 is 11.6 Å². The number of hydrogen-bond donors (Lipinski definition) is 0. The van der Waals surface area contributed by atoms with E-state index in [1.165, 1.54) is 19.3 Å². The summed E-state index contributed by atoms with van der Waals surface area (Å²) in [5.74, 6) is 4.11. The smallest absolute Gasteiger partial charge is 0.225 e. The monoisotopic (exact) mass is 419 g/mol. The summed E-state index contributed by atoms with van der Waals surface area (Å²) in [5, 5.41) is 0.581. The minimum absolute atomic E-state index is 0.581. The number of aromatic nitrogens is 2. The molecule has 2 aromatic rings. The highest BCUT2D eigenvalue weighted by Crippen LogP contribution is 2.49. The molecule has 1 aromatic heterocycles. The van der Waals surface area contributed by atoms with Gasteiger partial charge in [0.1, 0.15) is 5.75 Å². The van der Waals surface area contributed by atoms with Gasteiger partial charge >= 0.3 is 0 Å². The van der Waals surface area contributed by atoms with Gasteiger partial charge in [0.25, 0.3) is 0 Å². The second kappa shape index (κ2) is 8.78. The van der Waals surface area contributed by atoms with Crippen LogP contribution in [-0.2, 0) is 10.8 Å². The number of halogens is 1. The summed E-state index contributed by atoms with van der Waals surface area (Å²) in [6, 6.07) is 7.58. The molecule has 1 saturated heterocycles. The van der Waals surface area contributed by atoms with E-state index < -0.39 is 10.8 Å². The van der Waals surface area contributed by atoms with Gasteiger partial charge in [0.2, 0.25) is 5.95 Å². The largest absolute Gasteiger partial charge is 0.494 e. The zero-order chi connectivity index (χ0) is 19.5. The second-order valence-corrected chi connectivity index (χ2v) is 9.56.